The summed E-state index contributed by atoms with van der Waals surface area (Å²) < 4.78 is 5.44. The minimum atomic E-state index is -1.15. The number of ether oxygens (including phenoxy) is 1. The largest absolute Gasteiger partial charge is 0.508 e. The first-order chi connectivity index (χ1) is 19.9. The van der Waals surface area contributed by atoms with Crippen molar-refractivity contribution in [2.24, 2.45) is 5.92 Å². The van der Waals surface area contributed by atoms with E-state index in [0.29, 0.717) is 6.42 Å². The van der Waals surface area contributed by atoms with Crippen molar-refractivity contribution in [2.75, 3.05) is 0 Å². The van der Waals surface area contributed by atoms with Gasteiger partial charge in [-0.25, -0.2) is 4.79 Å². The normalized spacial score (nSPS) is 18.4. The molecule has 3 aromatic carbocycles. The van der Waals surface area contributed by atoms with Gasteiger partial charge in [-0.3, -0.25) is 4.79 Å². The minimum absolute atomic E-state index is 0.00425. The lowest BCUT2D eigenvalue weighted by Gasteiger charge is -2.29. The summed E-state index contributed by atoms with van der Waals surface area (Å²) in [5, 5.41) is 47.4. The highest BCUT2D eigenvalue weighted by molar-refractivity contribution is 5.80. The number of nitrogens with one attached hydrogen (secondary N) is 2. The number of aliphatic hydroxyl groups excluding tert-OH is 2. The maximum atomic E-state index is 13.8. The molecule has 0 radical (unpaired) electrons. The highest BCUT2D eigenvalue weighted by atomic mass is 16.6. The summed E-state index contributed by atoms with van der Waals surface area (Å²) in [4.78, 5) is 26.5. The zero-order valence-electron chi connectivity index (χ0n) is 24.2. The molecule has 0 spiro atoms. The summed E-state index contributed by atoms with van der Waals surface area (Å²) in [7, 11) is 0. The van der Waals surface area contributed by atoms with E-state index >= 15 is 0 Å². The quantitative estimate of drug-likeness (QED) is 0.214. The Balaban J connectivity index is 1.57. The van der Waals surface area contributed by atoms with Gasteiger partial charge in [-0.1, -0.05) is 48.5 Å². The number of rotatable bonds is 10. The van der Waals surface area contributed by atoms with Gasteiger partial charge < -0.3 is 35.8 Å². The molecule has 1 aliphatic carbocycles. The lowest BCUT2D eigenvalue weighted by molar-refractivity contribution is -0.127. The number of amides is 2. The van der Waals surface area contributed by atoms with E-state index in [0.717, 1.165) is 22.3 Å². The van der Waals surface area contributed by atoms with E-state index in [1.54, 1.807) is 45.0 Å². The molecule has 2 amide bonds. The molecule has 0 saturated carbocycles. The molecule has 9 heteroatoms. The molecule has 0 aromatic heterocycles. The molecule has 4 rings (SSSR count). The van der Waals surface area contributed by atoms with E-state index in [4.69, 9.17) is 4.74 Å². The summed E-state index contributed by atoms with van der Waals surface area (Å²) in [6, 6.07) is 19.1. The molecule has 1 aliphatic rings. The zero-order valence-corrected chi connectivity index (χ0v) is 24.2. The van der Waals surface area contributed by atoms with Crippen molar-refractivity contribution in [1.29, 1.82) is 0 Å². The lowest BCUT2D eigenvalue weighted by Crippen LogP contribution is -2.48. The second-order valence-corrected chi connectivity index (χ2v) is 12.0. The molecular formula is C33H40N2O7. The summed E-state index contributed by atoms with van der Waals surface area (Å²) >= 11 is 0. The number of aromatic hydroxyl groups is 2. The Kier molecular flexibility index (Phi) is 9.75. The summed E-state index contributed by atoms with van der Waals surface area (Å²) in [5.74, 6) is -0.881. The second kappa shape index (κ2) is 13.3. The molecule has 9 nitrogen and oxygen atoms in total. The molecule has 0 aliphatic heterocycles. The van der Waals surface area contributed by atoms with Crippen LogP contribution in [0.2, 0.25) is 0 Å². The number of phenols is 2. The van der Waals surface area contributed by atoms with E-state index in [1.807, 2.05) is 24.3 Å². The van der Waals surface area contributed by atoms with E-state index < -0.39 is 41.9 Å². The topological polar surface area (TPSA) is 148 Å². The van der Waals surface area contributed by atoms with Crippen LogP contribution in [0, 0.1) is 5.92 Å². The monoisotopic (exact) mass is 576 g/mol. The van der Waals surface area contributed by atoms with E-state index in [2.05, 4.69) is 10.6 Å². The van der Waals surface area contributed by atoms with Gasteiger partial charge in [0.25, 0.3) is 0 Å². The van der Waals surface area contributed by atoms with Crippen LogP contribution in [0.15, 0.2) is 72.8 Å². The molecule has 0 unspecified atom stereocenters. The number of fused-ring (bicyclic) bond motifs is 1. The van der Waals surface area contributed by atoms with Crippen LogP contribution >= 0.6 is 0 Å². The van der Waals surface area contributed by atoms with E-state index in [1.165, 1.54) is 24.3 Å². The van der Waals surface area contributed by atoms with Crippen LogP contribution in [-0.2, 0) is 28.8 Å². The van der Waals surface area contributed by atoms with Gasteiger partial charge in [0.2, 0.25) is 5.91 Å². The first kappa shape index (κ1) is 30.9. The average Bonchev–Trinajstić information content (AvgIpc) is 3.23. The van der Waals surface area contributed by atoms with Crippen LogP contribution in [0.4, 0.5) is 4.79 Å². The third-order valence-electron chi connectivity index (χ3n) is 7.38. The van der Waals surface area contributed by atoms with Gasteiger partial charge >= 0.3 is 6.09 Å². The number of carbonyl (C=O) groups is 2. The van der Waals surface area contributed by atoms with Crippen molar-refractivity contribution in [3.05, 3.63) is 95.1 Å². The summed E-state index contributed by atoms with van der Waals surface area (Å²) in [6.45, 7) is 5.23. The third-order valence-corrected chi connectivity index (χ3v) is 7.38. The van der Waals surface area contributed by atoms with Crippen LogP contribution in [0.1, 0.15) is 55.5 Å². The smallest absolute Gasteiger partial charge is 0.407 e. The predicted molar refractivity (Wildman–Crippen MR) is 158 cm³/mol. The Hall–Kier alpha value is -4.08. The maximum absolute atomic E-state index is 13.8. The Morgan fingerprint density at radius 1 is 0.905 bits per heavy atom. The number of aliphatic hydroxyl groups is 2. The number of hydrogen-bond acceptors (Lipinski definition) is 7. The number of hydrogen-bond donors (Lipinski definition) is 6. The van der Waals surface area contributed by atoms with E-state index in [-0.39, 0.29) is 36.7 Å². The van der Waals surface area contributed by atoms with Crippen molar-refractivity contribution in [1.82, 2.24) is 10.6 Å². The van der Waals surface area contributed by atoms with Gasteiger partial charge in [0.15, 0.2) is 0 Å². The maximum Gasteiger partial charge on any atom is 0.407 e. The second-order valence-electron chi connectivity index (χ2n) is 12.0. The van der Waals surface area contributed by atoms with Crippen molar-refractivity contribution < 1.29 is 34.8 Å². The van der Waals surface area contributed by atoms with Gasteiger partial charge in [0.05, 0.1) is 24.3 Å². The number of carbonyl (C=O) groups excluding carboxylic acids is 2. The standard InChI is InChI=1S/C33H40N2O7/c1-33(2,3)42-32(41)34-27(17-21-10-14-25(37)15-11-21)28(38)19-23(16-20-8-12-24(36)13-9-20)31(40)35-30-26-7-5-4-6-22(26)18-29(30)39/h4-15,23,27-30,36-39H,16-19H2,1-3H3,(H,34,41)(H,35,40)/t23-,27+,28+,29-,30+/m1/s1. The Morgan fingerprint density at radius 3 is 2.07 bits per heavy atom. The molecule has 42 heavy (non-hydrogen) atoms. The molecule has 0 fully saturated rings. The molecule has 0 bridgehead atoms. The molecular weight excluding hydrogens is 536 g/mol. The molecule has 5 atom stereocenters. The van der Waals surface area contributed by atoms with Crippen molar-refractivity contribution in [3.63, 3.8) is 0 Å². The molecule has 0 saturated heterocycles. The van der Waals surface area contributed by atoms with Crippen LogP contribution < -0.4 is 10.6 Å². The minimum Gasteiger partial charge on any atom is -0.508 e. The average molecular weight is 577 g/mol. The van der Waals surface area contributed by atoms with Gasteiger partial charge in [-0.2, -0.15) is 0 Å². The van der Waals surface area contributed by atoms with Crippen LogP contribution in [0.3, 0.4) is 0 Å². The fourth-order valence-electron chi connectivity index (χ4n) is 5.30. The van der Waals surface area contributed by atoms with Crippen molar-refractivity contribution in [2.45, 2.75) is 76.3 Å². The van der Waals surface area contributed by atoms with Crippen LogP contribution in [-0.4, -0.2) is 56.3 Å². The third kappa shape index (κ3) is 8.47. The fraction of sp³-hybridized carbons (Fsp3) is 0.394. The molecule has 0 heterocycles. The van der Waals surface area contributed by atoms with Gasteiger partial charge in [-0.05, 0) is 86.6 Å². The Morgan fingerprint density at radius 2 is 1.48 bits per heavy atom. The molecule has 3 aromatic rings. The first-order valence-electron chi connectivity index (χ1n) is 14.2. The first-order valence-corrected chi connectivity index (χ1v) is 14.2. The highest BCUT2D eigenvalue weighted by Gasteiger charge is 2.35. The zero-order chi connectivity index (χ0) is 30.4. The van der Waals surface area contributed by atoms with Crippen molar-refractivity contribution in [3.8, 4) is 11.5 Å². The van der Waals surface area contributed by atoms with Crippen molar-refractivity contribution >= 4 is 12.0 Å². The van der Waals surface area contributed by atoms with Crippen LogP contribution in [0.5, 0.6) is 11.5 Å². The number of phenolic OH excluding ortho intramolecular Hbond substituents is 2. The van der Waals surface area contributed by atoms with Gasteiger partial charge in [0.1, 0.15) is 17.1 Å². The van der Waals surface area contributed by atoms with Crippen LogP contribution in [0.25, 0.3) is 0 Å². The molecule has 224 valence electrons. The highest BCUT2D eigenvalue weighted by Crippen LogP contribution is 2.32. The predicted octanol–water partition coefficient (Wildman–Crippen LogP) is 3.92. The number of benzene rings is 3. The fourth-order valence-corrected chi connectivity index (χ4v) is 5.30. The summed E-state index contributed by atoms with van der Waals surface area (Å²) in [5.41, 5.74) is 2.62. The lowest BCUT2D eigenvalue weighted by atomic mass is 9.88. The Labute approximate surface area is 246 Å². The number of alkyl carbamates (subject to hydrolysis) is 1. The molecule has 6 N–H and O–H groups in total. The van der Waals surface area contributed by atoms with E-state index in [9.17, 15) is 30.0 Å². The SMILES string of the molecule is CC(C)(C)OC(=O)N[C@@H](Cc1ccc(O)cc1)[C@@H](O)C[C@@H](Cc1ccc(O)cc1)C(=O)N[C@H]1c2ccccc2C[C@H]1O. The summed E-state index contributed by atoms with van der Waals surface area (Å²) in [6.07, 6.45) is -1.72. The van der Waals surface area contributed by atoms with Gasteiger partial charge in [-0.15, -0.1) is 0 Å². The van der Waals surface area contributed by atoms with Gasteiger partial charge in [0, 0.05) is 12.3 Å². The Bertz CT molecular complexity index is 1350.